The van der Waals surface area contributed by atoms with Crippen molar-refractivity contribution in [2.45, 2.75) is 18.3 Å². The first-order valence-electron chi connectivity index (χ1n) is 8.86. The summed E-state index contributed by atoms with van der Waals surface area (Å²) in [7, 11) is 0. The van der Waals surface area contributed by atoms with Crippen molar-refractivity contribution in [3.05, 3.63) is 56.7 Å². The number of benzene rings is 1. The summed E-state index contributed by atoms with van der Waals surface area (Å²) in [4.78, 5) is 28.3. The van der Waals surface area contributed by atoms with Gasteiger partial charge in [0.1, 0.15) is 6.29 Å². The van der Waals surface area contributed by atoms with Crippen LogP contribution in [0.25, 0.3) is 0 Å². The normalized spacial score (nSPS) is 17.8. The summed E-state index contributed by atoms with van der Waals surface area (Å²) >= 11 is 7.31. The van der Waals surface area contributed by atoms with Gasteiger partial charge < -0.3 is 15.4 Å². The molecule has 3 rings (SSSR count). The zero-order chi connectivity index (χ0) is 21.2. The summed E-state index contributed by atoms with van der Waals surface area (Å²) in [6.07, 6.45) is -3.97. The number of amides is 1. The summed E-state index contributed by atoms with van der Waals surface area (Å²) in [6, 6.07) is 5.67. The standard InChI is InChI=1S/C19H19ClF3N3O2S/c20-12-3-4-14(19(21,22)23)13(10-12)18(28)26-7-5-25(6-8-26)17(15(24)11-27)16-2-1-9-29-16/h1-4,9-11,15,17H,5-8,24H2. The Bertz CT molecular complexity index is 868. The van der Waals surface area contributed by atoms with Crippen molar-refractivity contribution in [3.63, 3.8) is 0 Å². The van der Waals surface area contributed by atoms with Crippen LogP contribution < -0.4 is 5.73 Å². The van der Waals surface area contributed by atoms with Crippen LogP contribution in [0.5, 0.6) is 0 Å². The average molecular weight is 446 g/mol. The molecule has 2 atom stereocenters. The van der Waals surface area contributed by atoms with Crippen molar-refractivity contribution in [1.82, 2.24) is 9.80 Å². The fraction of sp³-hybridized carbons (Fsp3) is 0.368. The molecule has 10 heteroatoms. The van der Waals surface area contributed by atoms with Crippen LogP contribution in [0.15, 0.2) is 35.7 Å². The van der Waals surface area contributed by atoms with Crippen LogP contribution in [0, 0.1) is 0 Å². The molecule has 1 aromatic carbocycles. The molecule has 0 aliphatic carbocycles. The van der Waals surface area contributed by atoms with E-state index in [1.165, 1.54) is 16.2 Å². The van der Waals surface area contributed by atoms with E-state index in [-0.39, 0.29) is 24.2 Å². The first kappa shape index (κ1) is 21.8. The topological polar surface area (TPSA) is 66.6 Å². The third-order valence-corrected chi connectivity index (χ3v) is 6.05. The molecule has 1 aliphatic rings. The molecule has 2 heterocycles. The zero-order valence-electron chi connectivity index (χ0n) is 15.2. The van der Waals surface area contributed by atoms with Gasteiger partial charge in [-0.3, -0.25) is 9.69 Å². The zero-order valence-corrected chi connectivity index (χ0v) is 16.8. The average Bonchev–Trinajstić information content (AvgIpc) is 3.21. The highest BCUT2D eigenvalue weighted by molar-refractivity contribution is 7.10. The molecular weight excluding hydrogens is 427 g/mol. The van der Waals surface area contributed by atoms with E-state index >= 15 is 0 Å². The lowest BCUT2D eigenvalue weighted by Gasteiger charge is -2.40. The number of nitrogens with zero attached hydrogens (tertiary/aromatic N) is 2. The Kier molecular flexibility index (Phi) is 6.62. The van der Waals surface area contributed by atoms with Crippen LogP contribution in [0.3, 0.4) is 0 Å². The molecule has 29 heavy (non-hydrogen) atoms. The predicted molar refractivity (Wildman–Crippen MR) is 105 cm³/mol. The van der Waals surface area contributed by atoms with E-state index in [9.17, 15) is 22.8 Å². The number of hydrogen-bond donors (Lipinski definition) is 1. The van der Waals surface area contributed by atoms with Gasteiger partial charge in [-0.05, 0) is 29.6 Å². The van der Waals surface area contributed by atoms with Gasteiger partial charge in [0.25, 0.3) is 5.91 Å². The van der Waals surface area contributed by atoms with Gasteiger partial charge >= 0.3 is 6.18 Å². The van der Waals surface area contributed by atoms with E-state index in [0.717, 1.165) is 23.1 Å². The second-order valence-corrected chi connectivity index (χ2v) is 8.11. The van der Waals surface area contributed by atoms with E-state index in [1.54, 1.807) is 0 Å². The van der Waals surface area contributed by atoms with Gasteiger partial charge in [0.05, 0.1) is 23.2 Å². The van der Waals surface area contributed by atoms with Gasteiger partial charge in [-0.2, -0.15) is 13.2 Å². The van der Waals surface area contributed by atoms with E-state index in [1.807, 2.05) is 22.4 Å². The molecule has 0 spiro atoms. The SMILES string of the molecule is NC(C=O)C(c1cccs1)N1CCN(C(=O)c2cc(Cl)ccc2C(F)(F)F)CC1. The number of aldehydes is 1. The summed E-state index contributed by atoms with van der Waals surface area (Å²) in [5.41, 5.74) is 4.52. The Morgan fingerprint density at radius 3 is 2.45 bits per heavy atom. The molecule has 0 radical (unpaired) electrons. The number of thiophene rings is 1. The third-order valence-electron chi connectivity index (χ3n) is 4.87. The van der Waals surface area contributed by atoms with Gasteiger partial charge in [-0.25, -0.2) is 0 Å². The number of halogens is 4. The van der Waals surface area contributed by atoms with Crippen LogP contribution in [0.1, 0.15) is 26.8 Å². The molecule has 1 aromatic heterocycles. The quantitative estimate of drug-likeness (QED) is 0.716. The van der Waals surface area contributed by atoms with Gasteiger partial charge in [0, 0.05) is 36.1 Å². The Morgan fingerprint density at radius 2 is 1.90 bits per heavy atom. The lowest BCUT2D eigenvalue weighted by molar-refractivity contribution is -0.138. The number of hydrogen-bond acceptors (Lipinski definition) is 5. The fourth-order valence-electron chi connectivity index (χ4n) is 3.46. The molecule has 1 fully saturated rings. The lowest BCUT2D eigenvalue weighted by atomic mass is 10.0. The van der Waals surface area contributed by atoms with Crippen molar-refractivity contribution in [3.8, 4) is 0 Å². The molecule has 0 saturated carbocycles. The highest BCUT2D eigenvalue weighted by Crippen LogP contribution is 2.34. The largest absolute Gasteiger partial charge is 0.417 e. The van der Waals surface area contributed by atoms with E-state index < -0.39 is 29.3 Å². The van der Waals surface area contributed by atoms with E-state index in [0.29, 0.717) is 19.4 Å². The Balaban J connectivity index is 1.76. The van der Waals surface area contributed by atoms with Crippen LogP contribution in [0.4, 0.5) is 13.2 Å². The van der Waals surface area contributed by atoms with Gasteiger partial charge in [-0.15, -0.1) is 11.3 Å². The number of carbonyl (C=O) groups excluding carboxylic acids is 2. The maximum atomic E-state index is 13.3. The van der Waals surface area contributed by atoms with Gasteiger partial charge in [0.2, 0.25) is 0 Å². The fourth-order valence-corrected chi connectivity index (χ4v) is 4.55. The summed E-state index contributed by atoms with van der Waals surface area (Å²) in [6.45, 7) is 1.21. The van der Waals surface area contributed by atoms with Crippen LogP contribution in [-0.2, 0) is 11.0 Å². The number of rotatable bonds is 5. The molecule has 0 bridgehead atoms. The minimum absolute atomic E-state index is 0.0645. The molecule has 156 valence electrons. The van der Waals surface area contributed by atoms with Crippen molar-refractivity contribution < 1.29 is 22.8 Å². The number of carbonyl (C=O) groups is 2. The van der Waals surface area contributed by atoms with Crippen molar-refractivity contribution in [1.29, 1.82) is 0 Å². The Labute approximate surface area is 174 Å². The molecule has 1 saturated heterocycles. The molecule has 2 aromatic rings. The summed E-state index contributed by atoms with van der Waals surface area (Å²) in [5, 5.41) is 1.95. The minimum atomic E-state index is -4.65. The monoisotopic (exact) mass is 445 g/mol. The Morgan fingerprint density at radius 1 is 1.21 bits per heavy atom. The second kappa shape index (κ2) is 8.83. The van der Waals surface area contributed by atoms with Crippen molar-refractivity contribution in [2.24, 2.45) is 5.73 Å². The smallest absolute Gasteiger partial charge is 0.336 e. The molecule has 2 unspecified atom stereocenters. The summed E-state index contributed by atoms with van der Waals surface area (Å²) in [5.74, 6) is -0.716. The van der Waals surface area contributed by atoms with Crippen LogP contribution >= 0.6 is 22.9 Å². The third kappa shape index (κ3) is 4.80. The minimum Gasteiger partial charge on any atom is -0.336 e. The highest BCUT2D eigenvalue weighted by atomic mass is 35.5. The maximum absolute atomic E-state index is 13.3. The number of piperazine rings is 1. The first-order valence-corrected chi connectivity index (χ1v) is 10.1. The first-order chi connectivity index (χ1) is 13.7. The molecular formula is C19H19ClF3N3O2S. The van der Waals surface area contributed by atoms with Crippen molar-refractivity contribution >= 4 is 35.1 Å². The molecule has 1 amide bonds. The molecule has 5 nitrogen and oxygen atoms in total. The highest BCUT2D eigenvalue weighted by Gasteiger charge is 2.37. The molecule has 1 aliphatic heterocycles. The lowest BCUT2D eigenvalue weighted by Crippen LogP contribution is -2.53. The predicted octanol–water partition coefficient (Wildman–Crippen LogP) is 3.45. The maximum Gasteiger partial charge on any atom is 0.417 e. The van der Waals surface area contributed by atoms with Crippen LogP contribution in [-0.4, -0.2) is 54.2 Å². The van der Waals surface area contributed by atoms with Crippen molar-refractivity contribution in [2.75, 3.05) is 26.2 Å². The van der Waals surface area contributed by atoms with Crippen LogP contribution in [0.2, 0.25) is 5.02 Å². The van der Waals surface area contributed by atoms with E-state index in [2.05, 4.69) is 0 Å². The number of alkyl halides is 3. The molecule has 2 N–H and O–H groups in total. The Hall–Kier alpha value is -1.94. The van der Waals surface area contributed by atoms with Gasteiger partial charge in [-0.1, -0.05) is 17.7 Å². The van der Waals surface area contributed by atoms with E-state index in [4.69, 9.17) is 17.3 Å². The van der Waals surface area contributed by atoms with Gasteiger partial charge in [0.15, 0.2) is 0 Å². The number of nitrogens with two attached hydrogens (primary N) is 1. The second-order valence-electron chi connectivity index (χ2n) is 6.69. The summed E-state index contributed by atoms with van der Waals surface area (Å²) < 4.78 is 39.9.